The molecule has 10 heteroatoms. The van der Waals surface area contributed by atoms with Gasteiger partial charge in [-0.1, -0.05) is 35.5 Å². The van der Waals surface area contributed by atoms with E-state index in [9.17, 15) is 8.42 Å². The van der Waals surface area contributed by atoms with Gasteiger partial charge in [0.1, 0.15) is 16.2 Å². The quantitative estimate of drug-likeness (QED) is 0.281. The first-order chi connectivity index (χ1) is 20.0. The fourth-order valence-corrected chi connectivity index (χ4v) is 6.54. The molecular formula is C29H30N4O5S. The van der Waals surface area contributed by atoms with Gasteiger partial charge in [-0.2, -0.15) is 0 Å². The zero-order chi connectivity index (χ0) is 29.8. The van der Waals surface area contributed by atoms with E-state index in [1.54, 1.807) is 13.1 Å². The molecule has 0 saturated carbocycles. The zero-order valence-corrected chi connectivity index (χ0v) is 22.7. The van der Waals surface area contributed by atoms with Crippen molar-refractivity contribution in [1.82, 2.24) is 19.7 Å². The Labute approximate surface area is 230 Å². The van der Waals surface area contributed by atoms with Crippen molar-refractivity contribution >= 4 is 31.8 Å². The average Bonchev–Trinajstić information content (AvgIpc) is 3.52. The van der Waals surface area contributed by atoms with Gasteiger partial charge in [-0.15, -0.1) is 0 Å². The Kier molecular flexibility index (Phi) is 5.53. The molecule has 1 aliphatic rings. The number of benzene rings is 1. The van der Waals surface area contributed by atoms with Gasteiger partial charge in [-0.05, 0) is 44.2 Å². The molecule has 1 fully saturated rings. The Bertz CT molecular complexity index is 1900. The van der Waals surface area contributed by atoms with E-state index >= 15 is 0 Å². The molecule has 1 atom stereocenters. The standard InChI is InChI=1S/C29H30N4O5S/c1-17-24(18(2)38-32-17)21-14-22-26(30-15-21)25-28(23(39(4,34)35)16-31-29(25)36-3)33(22)27(19-8-6-5-7-9-19)20-10-12-37-13-11-20/h5-9,14-16,20,27H,10-13H2,1-4H3/t27-/m1/s1/i2D3. The number of aromatic nitrogens is 4. The number of hydrogen-bond donors (Lipinski definition) is 0. The number of pyridine rings is 2. The molecule has 0 unspecified atom stereocenters. The maximum atomic E-state index is 13.2. The minimum Gasteiger partial charge on any atom is -0.480 e. The van der Waals surface area contributed by atoms with Crippen LogP contribution in [0, 0.1) is 19.7 Å². The van der Waals surface area contributed by atoms with Crippen LogP contribution in [0.2, 0.25) is 0 Å². The maximum Gasteiger partial charge on any atom is 0.224 e. The van der Waals surface area contributed by atoms with Crippen LogP contribution in [0.5, 0.6) is 5.88 Å². The average molecular weight is 550 g/mol. The first kappa shape index (κ1) is 22.1. The van der Waals surface area contributed by atoms with Crippen molar-refractivity contribution < 1.29 is 26.5 Å². The van der Waals surface area contributed by atoms with E-state index in [1.807, 2.05) is 41.0 Å². The van der Waals surface area contributed by atoms with E-state index in [4.69, 9.17) is 23.1 Å². The van der Waals surface area contributed by atoms with E-state index in [1.165, 1.54) is 13.3 Å². The van der Waals surface area contributed by atoms with Gasteiger partial charge in [-0.3, -0.25) is 4.98 Å². The van der Waals surface area contributed by atoms with Crippen molar-refractivity contribution in [3.05, 3.63) is 65.8 Å². The minimum absolute atomic E-state index is 0.0511. The molecule has 0 bridgehead atoms. The second-order valence-corrected chi connectivity index (χ2v) is 11.9. The molecule has 1 saturated heterocycles. The van der Waals surface area contributed by atoms with Gasteiger partial charge in [0, 0.05) is 40.9 Å². The molecule has 0 N–H and O–H groups in total. The van der Waals surface area contributed by atoms with Crippen LogP contribution in [0.4, 0.5) is 0 Å². The van der Waals surface area contributed by atoms with Crippen molar-refractivity contribution in [2.45, 2.75) is 37.6 Å². The van der Waals surface area contributed by atoms with Crippen LogP contribution in [-0.4, -0.2) is 54.7 Å². The van der Waals surface area contributed by atoms with E-state index in [-0.39, 0.29) is 28.5 Å². The van der Waals surface area contributed by atoms with Crippen molar-refractivity contribution in [2.24, 2.45) is 5.92 Å². The second-order valence-electron chi connectivity index (χ2n) is 9.87. The van der Waals surface area contributed by atoms with Crippen LogP contribution >= 0.6 is 0 Å². The summed E-state index contributed by atoms with van der Waals surface area (Å²) in [5.41, 5.74) is 3.75. The van der Waals surface area contributed by atoms with Gasteiger partial charge in [0.25, 0.3) is 0 Å². The lowest BCUT2D eigenvalue weighted by molar-refractivity contribution is 0.0552. The van der Waals surface area contributed by atoms with E-state index in [2.05, 4.69) is 10.1 Å². The van der Waals surface area contributed by atoms with Crippen molar-refractivity contribution in [1.29, 1.82) is 0 Å². The minimum atomic E-state index is -3.75. The fourth-order valence-electron chi connectivity index (χ4n) is 5.75. The monoisotopic (exact) mass is 549 g/mol. The number of fused-ring (bicyclic) bond motifs is 3. The van der Waals surface area contributed by atoms with Crippen LogP contribution in [0.25, 0.3) is 33.1 Å². The fraction of sp³-hybridized carbons (Fsp3) is 0.345. The molecule has 202 valence electrons. The summed E-state index contributed by atoms with van der Waals surface area (Å²) in [6, 6.07) is 11.5. The first-order valence-electron chi connectivity index (χ1n) is 14.2. The molecule has 5 heterocycles. The topological polar surface area (TPSA) is 109 Å². The Morgan fingerprint density at radius 3 is 2.62 bits per heavy atom. The summed E-state index contributed by atoms with van der Waals surface area (Å²) in [4.78, 5) is 9.20. The van der Waals surface area contributed by atoms with Crippen molar-refractivity contribution in [2.75, 3.05) is 26.6 Å². The molecule has 4 aromatic heterocycles. The summed E-state index contributed by atoms with van der Waals surface area (Å²) in [6.45, 7) is 0.307. The summed E-state index contributed by atoms with van der Waals surface area (Å²) in [6.07, 6.45) is 5.57. The lowest BCUT2D eigenvalue weighted by atomic mass is 9.86. The summed E-state index contributed by atoms with van der Waals surface area (Å²) >= 11 is 0. The van der Waals surface area contributed by atoms with Crippen molar-refractivity contribution in [3.63, 3.8) is 0 Å². The van der Waals surface area contributed by atoms with Gasteiger partial charge in [0.15, 0.2) is 9.84 Å². The van der Waals surface area contributed by atoms with Gasteiger partial charge >= 0.3 is 0 Å². The molecule has 0 spiro atoms. The normalized spacial score (nSPS) is 17.2. The number of sulfone groups is 1. The number of nitrogens with zero attached hydrogens (tertiary/aromatic N) is 4. The number of aryl methyl sites for hydroxylation is 2. The Balaban J connectivity index is 1.78. The molecule has 6 rings (SSSR count). The zero-order valence-electron chi connectivity index (χ0n) is 24.8. The third-order valence-corrected chi connectivity index (χ3v) is 8.56. The molecule has 0 radical (unpaired) electrons. The SMILES string of the molecule is [2H]C([2H])([2H])c1onc(C)c1-c1cnc2c3c(OC)ncc(S(C)(=O)=O)c3n([C@H](c3ccccc3)C3CCOCC3)c2c1. The van der Waals surface area contributed by atoms with Gasteiger partial charge in [-0.25, -0.2) is 13.4 Å². The Morgan fingerprint density at radius 2 is 1.92 bits per heavy atom. The molecule has 9 nitrogen and oxygen atoms in total. The van der Waals surface area contributed by atoms with E-state index < -0.39 is 16.7 Å². The predicted octanol–water partition coefficient (Wildman–Crippen LogP) is 5.28. The summed E-state index contributed by atoms with van der Waals surface area (Å²) in [7, 11) is -2.27. The Hall–Kier alpha value is -3.76. The summed E-state index contributed by atoms with van der Waals surface area (Å²) in [5.74, 6) is 0.110. The molecule has 5 aromatic rings. The van der Waals surface area contributed by atoms with Gasteiger partial charge in [0.05, 0.1) is 41.5 Å². The number of hydrogen-bond acceptors (Lipinski definition) is 8. The molecule has 1 aromatic carbocycles. The van der Waals surface area contributed by atoms with Crippen LogP contribution in [0.1, 0.15) is 40.0 Å². The maximum absolute atomic E-state index is 13.2. The smallest absolute Gasteiger partial charge is 0.224 e. The van der Waals surface area contributed by atoms with Gasteiger partial charge in [0.2, 0.25) is 5.88 Å². The lowest BCUT2D eigenvalue weighted by Crippen LogP contribution is -2.27. The number of ether oxygens (including phenoxy) is 2. The highest BCUT2D eigenvalue weighted by molar-refractivity contribution is 7.91. The molecule has 1 aliphatic heterocycles. The molecular weight excluding hydrogens is 516 g/mol. The summed E-state index contributed by atoms with van der Waals surface area (Å²) in [5, 5.41) is 4.41. The van der Waals surface area contributed by atoms with E-state index in [0.717, 1.165) is 24.7 Å². The Morgan fingerprint density at radius 1 is 1.15 bits per heavy atom. The largest absolute Gasteiger partial charge is 0.480 e. The third-order valence-electron chi connectivity index (χ3n) is 7.46. The van der Waals surface area contributed by atoms with Crippen LogP contribution < -0.4 is 4.74 Å². The van der Waals surface area contributed by atoms with Crippen LogP contribution in [0.3, 0.4) is 0 Å². The van der Waals surface area contributed by atoms with Gasteiger partial charge < -0.3 is 18.6 Å². The van der Waals surface area contributed by atoms with Crippen LogP contribution in [-0.2, 0) is 14.6 Å². The van der Waals surface area contributed by atoms with Crippen molar-refractivity contribution in [3.8, 4) is 17.0 Å². The lowest BCUT2D eigenvalue weighted by Gasteiger charge is -2.33. The first-order valence-corrected chi connectivity index (χ1v) is 14.6. The summed E-state index contributed by atoms with van der Waals surface area (Å²) < 4.78 is 69.1. The molecule has 0 amide bonds. The molecule has 39 heavy (non-hydrogen) atoms. The highest BCUT2D eigenvalue weighted by Crippen LogP contribution is 2.45. The van der Waals surface area contributed by atoms with Crippen LogP contribution in [0.15, 0.2) is 58.2 Å². The number of methoxy groups -OCH3 is 1. The second kappa shape index (κ2) is 9.77. The highest BCUT2D eigenvalue weighted by atomic mass is 32.2. The molecule has 0 aliphatic carbocycles. The predicted molar refractivity (Wildman–Crippen MR) is 148 cm³/mol. The highest BCUT2D eigenvalue weighted by Gasteiger charge is 2.33. The van der Waals surface area contributed by atoms with E-state index in [0.29, 0.717) is 52.0 Å². The number of rotatable bonds is 6. The third kappa shape index (κ3) is 4.28.